The second kappa shape index (κ2) is 5.46. The molecule has 0 atom stereocenters. The summed E-state index contributed by atoms with van der Waals surface area (Å²) in [6, 6.07) is 7.31. The van der Waals surface area contributed by atoms with E-state index >= 15 is 0 Å². The van der Waals surface area contributed by atoms with Crippen molar-refractivity contribution in [2.75, 3.05) is 38.8 Å². The summed E-state index contributed by atoms with van der Waals surface area (Å²) < 4.78 is 15.9. The lowest BCUT2D eigenvalue weighted by Crippen LogP contribution is -2.64. The summed E-state index contributed by atoms with van der Waals surface area (Å²) in [5.41, 5.74) is 0.841. The third-order valence-corrected chi connectivity index (χ3v) is 3.16. The van der Waals surface area contributed by atoms with Crippen LogP contribution in [0.3, 0.4) is 0 Å². The molecule has 1 saturated heterocycles. The first-order valence-electron chi connectivity index (χ1n) is 5.89. The molecule has 1 aromatic carbocycles. The average Bonchev–Trinajstić information content (AvgIpc) is 2.37. The van der Waals surface area contributed by atoms with Crippen LogP contribution in [0.1, 0.15) is 0 Å². The summed E-state index contributed by atoms with van der Waals surface area (Å²) >= 11 is 0. The van der Waals surface area contributed by atoms with Gasteiger partial charge >= 0.3 is 5.97 Å². The molecule has 0 unspecified atom stereocenters. The number of anilines is 1. The van der Waals surface area contributed by atoms with Gasteiger partial charge in [0.15, 0.2) is 6.61 Å². The normalized spacial score (nSPS) is 16.8. The topological polar surface area (TPSA) is 68.2 Å². The Balaban J connectivity index is 2.07. The fourth-order valence-electron chi connectivity index (χ4n) is 2.03. The number of carboxylic acids is 1. The van der Waals surface area contributed by atoms with Crippen molar-refractivity contribution in [3.8, 4) is 5.75 Å². The van der Waals surface area contributed by atoms with Gasteiger partial charge in [0, 0.05) is 14.2 Å². The van der Waals surface area contributed by atoms with Gasteiger partial charge in [0.25, 0.3) is 0 Å². The maximum absolute atomic E-state index is 10.6. The molecule has 0 saturated carbocycles. The molecule has 0 bridgehead atoms. The van der Waals surface area contributed by atoms with Crippen LogP contribution in [0, 0.1) is 0 Å². The van der Waals surface area contributed by atoms with E-state index in [-0.39, 0.29) is 6.61 Å². The lowest BCUT2D eigenvalue weighted by molar-refractivity contribution is -0.219. The number of carboxylic acid groups (broad SMARTS) is 1. The van der Waals surface area contributed by atoms with Gasteiger partial charge in [0.05, 0.1) is 18.8 Å². The number of methoxy groups -OCH3 is 2. The Hall–Kier alpha value is -1.79. The number of carbonyl (C=O) groups is 1. The summed E-state index contributed by atoms with van der Waals surface area (Å²) in [4.78, 5) is 12.6. The van der Waals surface area contributed by atoms with Crippen molar-refractivity contribution in [2.24, 2.45) is 0 Å². The van der Waals surface area contributed by atoms with E-state index in [4.69, 9.17) is 19.3 Å². The van der Waals surface area contributed by atoms with Crippen molar-refractivity contribution in [1.29, 1.82) is 0 Å². The van der Waals surface area contributed by atoms with Crippen molar-refractivity contribution < 1.29 is 24.1 Å². The van der Waals surface area contributed by atoms with Crippen LogP contribution in [0.15, 0.2) is 24.3 Å². The molecule has 1 N–H and O–H groups in total. The summed E-state index contributed by atoms with van der Waals surface area (Å²) in [5.74, 6) is -1.04. The van der Waals surface area contributed by atoms with Gasteiger partial charge in [-0.05, 0) is 12.1 Å². The largest absolute Gasteiger partial charge is 0.480 e. The number of para-hydroxylation sites is 2. The number of hydrogen-bond donors (Lipinski definition) is 1. The Kier molecular flexibility index (Phi) is 3.92. The van der Waals surface area contributed by atoms with Crippen molar-refractivity contribution >= 4 is 11.7 Å². The first kappa shape index (κ1) is 13.6. The second-order valence-electron chi connectivity index (χ2n) is 4.33. The quantitative estimate of drug-likeness (QED) is 0.774. The van der Waals surface area contributed by atoms with E-state index in [0.717, 1.165) is 5.69 Å². The molecule has 1 aliphatic rings. The predicted molar refractivity (Wildman–Crippen MR) is 68.5 cm³/mol. The molecule has 6 heteroatoms. The lowest BCUT2D eigenvalue weighted by atomic mass is 10.1. The molecule has 1 aliphatic heterocycles. The standard InChI is InChI=1S/C13H17NO5/c1-17-13(18-2)8-14(9-13)10-5-3-4-6-11(10)19-7-12(15)16/h3-6H,7-9H2,1-2H3,(H,15,16). The van der Waals surface area contributed by atoms with Crippen LogP contribution < -0.4 is 9.64 Å². The Morgan fingerprint density at radius 3 is 2.53 bits per heavy atom. The monoisotopic (exact) mass is 267 g/mol. The summed E-state index contributed by atoms with van der Waals surface area (Å²) in [5, 5.41) is 8.66. The molecule has 6 nitrogen and oxygen atoms in total. The zero-order valence-corrected chi connectivity index (χ0v) is 11.0. The smallest absolute Gasteiger partial charge is 0.341 e. The minimum atomic E-state index is -0.999. The van der Waals surface area contributed by atoms with Crippen LogP contribution >= 0.6 is 0 Å². The summed E-state index contributed by atoms with van der Waals surface area (Å²) in [7, 11) is 3.21. The maximum atomic E-state index is 10.6. The highest BCUT2D eigenvalue weighted by Gasteiger charge is 2.44. The van der Waals surface area contributed by atoms with Gasteiger partial charge in [-0.2, -0.15) is 0 Å². The summed E-state index contributed by atoms with van der Waals surface area (Å²) in [6.45, 7) is 0.797. The van der Waals surface area contributed by atoms with Crippen molar-refractivity contribution in [1.82, 2.24) is 0 Å². The Bertz CT molecular complexity index is 450. The van der Waals surface area contributed by atoms with Crippen LogP contribution in [-0.4, -0.2) is 50.8 Å². The van der Waals surface area contributed by atoms with E-state index in [1.54, 1.807) is 26.4 Å². The molecule has 0 amide bonds. The van der Waals surface area contributed by atoms with Crippen LogP contribution in [0.25, 0.3) is 0 Å². The number of hydrogen-bond acceptors (Lipinski definition) is 5. The van der Waals surface area contributed by atoms with Crippen molar-refractivity contribution in [3.63, 3.8) is 0 Å². The Labute approximate surface area is 111 Å². The van der Waals surface area contributed by atoms with Gasteiger partial charge in [0.1, 0.15) is 5.75 Å². The van der Waals surface area contributed by atoms with Crippen LogP contribution in [-0.2, 0) is 14.3 Å². The summed E-state index contributed by atoms with van der Waals surface area (Å²) in [6.07, 6.45) is 0. The Morgan fingerprint density at radius 2 is 1.95 bits per heavy atom. The molecule has 0 spiro atoms. The molecule has 19 heavy (non-hydrogen) atoms. The van der Waals surface area contributed by atoms with E-state index in [9.17, 15) is 4.79 Å². The molecule has 2 rings (SSSR count). The molecule has 1 heterocycles. The molecule has 0 aromatic heterocycles. The fourth-order valence-corrected chi connectivity index (χ4v) is 2.03. The number of aliphatic carboxylic acids is 1. The highest BCUT2D eigenvalue weighted by molar-refractivity contribution is 5.69. The van der Waals surface area contributed by atoms with Crippen molar-refractivity contribution in [2.45, 2.75) is 5.79 Å². The molecular weight excluding hydrogens is 250 g/mol. The van der Waals surface area contributed by atoms with E-state index in [2.05, 4.69) is 0 Å². The first-order chi connectivity index (χ1) is 9.10. The SMILES string of the molecule is COC1(OC)CN(c2ccccc2OCC(=O)O)C1. The van der Waals surface area contributed by atoms with E-state index in [0.29, 0.717) is 18.8 Å². The number of benzene rings is 1. The highest BCUT2D eigenvalue weighted by Crippen LogP contribution is 2.36. The molecule has 0 aliphatic carbocycles. The third-order valence-electron chi connectivity index (χ3n) is 3.16. The molecule has 0 radical (unpaired) electrons. The molecule has 1 fully saturated rings. The van der Waals surface area contributed by atoms with Gasteiger partial charge in [0.2, 0.25) is 5.79 Å². The van der Waals surface area contributed by atoms with Crippen LogP contribution in [0.4, 0.5) is 5.69 Å². The van der Waals surface area contributed by atoms with E-state index in [1.165, 1.54) is 0 Å². The number of rotatable bonds is 6. The number of ether oxygens (including phenoxy) is 3. The van der Waals surface area contributed by atoms with Gasteiger partial charge in [-0.3, -0.25) is 0 Å². The predicted octanol–water partition coefficient (Wildman–Crippen LogP) is 0.959. The minimum Gasteiger partial charge on any atom is -0.480 e. The van der Waals surface area contributed by atoms with E-state index < -0.39 is 11.8 Å². The van der Waals surface area contributed by atoms with Gasteiger partial charge in [-0.25, -0.2) is 4.79 Å². The third kappa shape index (κ3) is 2.80. The molecule has 104 valence electrons. The molecule has 1 aromatic rings. The van der Waals surface area contributed by atoms with E-state index in [1.807, 2.05) is 17.0 Å². The lowest BCUT2D eigenvalue weighted by Gasteiger charge is -2.48. The Morgan fingerprint density at radius 1 is 1.32 bits per heavy atom. The van der Waals surface area contributed by atoms with Crippen LogP contribution in [0.2, 0.25) is 0 Å². The molecular formula is C13H17NO5. The highest BCUT2D eigenvalue weighted by atomic mass is 16.7. The fraction of sp³-hybridized carbons (Fsp3) is 0.462. The first-order valence-corrected chi connectivity index (χ1v) is 5.89. The maximum Gasteiger partial charge on any atom is 0.341 e. The minimum absolute atomic E-state index is 0.357. The zero-order chi connectivity index (χ0) is 13.9. The average molecular weight is 267 g/mol. The van der Waals surface area contributed by atoms with Crippen LogP contribution in [0.5, 0.6) is 5.75 Å². The number of nitrogens with zero attached hydrogens (tertiary/aromatic N) is 1. The van der Waals surface area contributed by atoms with Gasteiger partial charge in [-0.1, -0.05) is 12.1 Å². The van der Waals surface area contributed by atoms with Gasteiger partial charge in [-0.15, -0.1) is 0 Å². The zero-order valence-electron chi connectivity index (χ0n) is 11.0. The van der Waals surface area contributed by atoms with Gasteiger partial charge < -0.3 is 24.2 Å². The van der Waals surface area contributed by atoms with Crippen molar-refractivity contribution in [3.05, 3.63) is 24.3 Å². The second-order valence-corrected chi connectivity index (χ2v) is 4.33.